The van der Waals surface area contributed by atoms with Crippen molar-refractivity contribution in [2.24, 2.45) is 5.73 Å². The molecular formula is C13H20F2N2O. The van der Waals surface area contributed by atoms with Crippen molar-refractivity contribution in [2.75, 3.05) is 13.2 Å². The summed E-state index contributed by atoms with van der Waals surface area (Å²) in [6, 6.07) is 3.88. The van der Waals surface area contributed by atoms with Crippen LogP contribution in [0, 0.1) is 0 Å². The van der Waals surface area contributed by atoms with Gasteiger partial charge in [-0.2, -0.15) is 0 Å². The van der Waals surface area contributed by atoms with E-state index in [9.17, 15) is 8.78 Å². The smallest absolute Gasteiger partial charge is 0.261 e. The van der Waals surface area contributed by atoms with E-state index in [1.807, 2.05) is 18.3 Å². The highest BCUT2D eigenvalue weighted by atomic mass is 19.3. The Hall–Kier alpha value is -1.07. The van der Waals surface area contributed by atoms with Gasteiger partial charge in [0.05, 0.1) is 0 Å². The normalized spacial score (nSPS) is 12.9. The maximum absolute atomic E-state index is 11.8. The summed E-state index contributed by atoms with van der Waals surface area (Å²) in [4.78, 5) is 4.31. The number of aryl methyl sites for hydroxylation is 1. The van der Waals surface area contributed by atoms with Crippen LogP contribution in [0.3, 0.4) is 0 Å². The Morgan fingerprint density at radius 2 is 2.17 bits per heavy atom. The number of hydrogen-bond donors (Lipinski definition) is 1. The molecule has 0 aliphatic heterocycles. The Balaban J connectivity index is 2.24. The molecule has 1 aromatic heterocycles. The van der Waals surface area contributed by atoms with E-state index in [4.69, 9.17) is 10.5 Å². The molecule has 0 radical (unpaired) electrons. The van der Waals surface area contributed by atoms with Crippen molar-refractivity contribution in [3.05, 3.63) is 29.6 Å². The van der Waals surface area contributed by atoms with Gasteiger partial charge in [-0.3, -0.25) is 4.98 Å². The minimum Gasteiger partial charge on any atom is -0.375 e. The van der Waals surface area contributed by atoms with Crippen LogP contribution < -0.4 is 5.73 Å². The quantitative estimate of drug-likeness (QED) is 0.727. The Labute approximate surface area is 106 Å². The molecule has 0 aliphatic rings. The van der Waals surface area contributed by atoms with Crippen LogP contribution in [-0.4, -0.2) is 30.7 Å². The lowest BCUT2D eigenvalue weighted by Gasteiger charge is -2.11. The molecule has 5 heteroatoms. The topological polar surface area (TPSA) is 48.1 Å². The number of ether oxygens (including phenoxy) is 1. The molecule has 1 aromatic rings. The molecule has 1 rings (SSSR count). The van der Waals surface area contributed by atoms with E-state index >= 15 is 0 Å². The number of nitrogens with zero attached hydrogens (tertiary/aromatic N) is 1. The van der Waals surface area contributed by atoms with Crippen LogP contribution in [0.15, 0.2) is 18.3 Å². The first-order valence-electron chi connectivity index (χ1n) is 6.17. The zero-order valence-corrected chi connectivity index (χ0v) is 10.6. The van der Waals surface area contributed by atoms with Crippen LogP contribution in [0.2, 0.25) is 0 Å². The van der Waals surface area contributed by atoms with Crippen molar-refractivity contribution in [1.29, 1.82) is 0 Å². The van der Waals surface area contributed by atoms with Crippen LogP contribution in [0.5, 0.6) is 0 Å². The van der Waals surface area contributed by atoms with Crippen LogP contribution in [0.1, 0.15) is 24.6 Å². The third-order valence-corrected chi connectivity index (χ3v) is 2.64. The first-order chi connectivity index (χ1) is 8.61. The van der Waals surface area contributed by atoms with Crippen molar-refractivity contribution in [2.45, 2.75) is 38.7 Å². The third-order valence-electron chi connectivity index (χ3n) is 2.64. The number of aromatic nitrogens is 1. The van der Waals surface area contributed by atoms with Crippen LogP contribution in [0.25, 0.3) is 0 Å². The van der Waals surface area contributed by atoms with E-state index in [1.165, 1.54) is 5.56 Å². The van der Waals surface area contributed by atoms with Gasteiger partial charge < -0.3 is 10.5 Å². The van der Waals surface area contributed by atoms with E-state index in [1.54, 1.807) is 0 Å². The highest BCUT2D eigenvalue weighted by Crippen LogP contribution is 2.05. The monoisotopic (exact) mass is 258 g/mol. The predicted octanol–water partition coefficient (Wildman–Crippen LogP) is 2.19. The zero-order chi connectivity index (χ0) is 13.4. The number of alkyl halides is 2. The number of halogens is 2. The van der Waals surface area contributed by atoms with Gasteiger partial charge in [0.2, 0.25) is 0 Å². The first kappa shape index (κ1) is 15.0. The number of hydrogen-bond acceptors (Lipinski definition) is 3. The molecule has 1 atom stereocenters. The summed E-state index contributed by atoms with van der Waals surface area (Å²) < 4.78 is 28.4. The molecule has 0 fully saturated rings. The van der Waals surface area contributed by atoms with Gasteiger partial charge in [-0.15, -0.1) is 0 Å². The average molecular weight is 258 g/mol. The maximum atomic E-state index is 11.8. The molecule has 0 amide bonds. The summed E-state index contributed by atoms with van der Waals surface area (Å²) in [5.41, 5.74) is 8.00. The summed E-state index contributed by atoms with van der Waals surface area (Å²) in [6.07, 6.45) is 1.59. The van der Waals surface area contributed by atoms with Crippen molar-refractivity contribution in [3.8, 4) is 0 Å². The molecule has 0 bridgehead atoms. The summed E-state index contributed by atoms with van der Waals surface area (Å²) in [6.45, 7) is 1.82. The van der Waals surface area contributed by atoms with Crippen LogP contribution in [0.4, 0.5) is 8.78 Å². The molecule has 0 aliphatic carbocycles. The zero-order valence-electron chi connectivity index (χ0n) is 10.6. The van der Waals surface area contributed by atoms with Crippen LogP contribution in [-0.2, 0) is 17.6 Å². The number of nitrogens with two attached hydrogens (primary N) is 1. The van der Waals surface area contributed by atoms with Crippen molar-refractivity contribution >= 4 is 0 Å². The van der Waals surface area contributed by atoms with Gasteiger partial charge in [-0.1, -0.05) is 13.0 Å². The lowest BCUT2D eigenvalue weighted by Crippen LogP contribution is -2.25. The van der Waals surface area contributed by atoms with Gasteiger partial charge >= 0.3 is 0 Å². The SMILES string of the molecule is CCc1ccc(CC(N)CCOCC(F)F)nc1. The fourth-order valence-electron chi connectivity index (χ4n) is 1.56. The standard InChI is InChI=1S/C13H20F2N2O/c1-2-10-3-4-12(17-8-10)7-11(16)5-6-18-9-13(14)15/h3-4,8,11,13H,2,5-7,9,16H2,1H3. The summed E-state index contributed by atoms with van der Waals surface area (Å²) in [5.74, 6) is 0. The summed E-state index contributed by atoms with van der Waals surface area (Å²) >= 11 is 0. The van der Waals surface area contributed by atoms with Gasteiger partial charge in [0.1, 0.15) is 6.61 Å². The molecule has 18 heavy (non-hydrogen) atoms. The Morgan fingerprint density at radius 1 is 1.39 bits per heavy atom. The fourth-order valence-corrected chi connectivity index (χ4v) is 1.56. The number of pyridine rings is 1. The largest absolute Gasteiger partial charge is 0.375 e. The predicted molar refractivity (Wildman–Crippen MR) is 66.7 cm³/mol. The molecule has 0 saturated carbocycles. The molecule has 0 saturated heterocycles. The summed E-state index contributed by atoms with van der Waals surface area (Å²) in [5, 5.41) is 0. The van der Waals surface area contributed by atoms with Gasteiger partial charge in [-0.25, -0.2) is 8.78 Å². The van der Waals surface area contributed by atoms with Crippen molar-refractivity contribution < 1.29 is 13.5 Å². The fraction of sp³-hybridized carbons (Fsp3) is 0.615. The van der Waals surface area contributed by atoms with Gasteiger partial charge in [-0.05, 0) is 24.5 Å². The molecular weight excluding hydrogens is 238 g/mol. The van der Waals surface area contributed by atoms with E-state index < -0.39 is 13.0 Å². The Bertz CT molecular complexity index is 330. The molecule has 1 unspecified atom stereocenters. The highest BCUT2D eigenvalue weighted by molar-refractivity contribution is 5.14. The molecule has 0 aromatic carbocycles. The van der Waals surface area contributed by atoms with Crippen molar-refractivity contribution in [1.82, 2.24) is 4.98 Å². The molecule has 2 N–H and O–H groups in total. The second-order valence-corrected chi connectivity index (χ2v) is 4.23. The van der Waals surface area contributed by atoms with Gasteiger partial charge in [0.15, 0.2) is 0 Å². The lowest BCUT2D eigenvalue weighted by molar-refractivity contribution is 0.0152. The molecule has 3 nitrogen and oxygen atoms in total. The van der Waals surface area contributed by atoms with E-state index in [-0.39, 0.29) is 12.6 Å². The van der Waals surface area contributed by atoms with E-state index in [2.05, 4.69) is 11.9 Å². The second-order valence-electron chi connectivity index (χ2n) is 4.23. The highest BCUT2D eigenvalue weighted by Gasteiger charge is 2.07. The summed E-state index contributed by atoms with van der Waals surface area (Å²) in [7, 11) is 0. The van der Waals surface area contributed by atoms with Crippen molar-refractivity contribution in [3.63, 3.8) is 0 Å². The van der Waals surface area contributed by atoms with Crippen LogP contribution >= 0.6 is 0 Å². The van der Waals surface area contributed by atoms with Gasteiger partial charge in [0.25, 0.3) is 6.43 Å². The average Bonchev–Trinajstić information content (AvgIpc) is 2.35. The molecule has 102 valence electrons. The number of rotatable bonds is 8. The van der Waals surface area contributed by atoms with Gasteiger partial charge in [0, 0.05) is 31.0 Å². The first-order valence-corrected chi connectivity index (χ1v) is 6.17. The lowest BCUT2D eigenvalue weighted by atomic mass is 10.1. The Morgan fingerprint density at radius 3 is 2.72 bits per heavy atom. The van der Waals surface area contributed by atoms with E-state index in [0.717, 1.165) is 12.1 Å². The molecule has 1 heterocycles. The minimum atomic E-state index is -2.41. The third kappa shape index (κ3) is 6.02. The maximum Gasteiger partial charge on any atom is 0.261 e. The minimum absolute atomic E-state index is 0.109. The molecule has 0 spiro atoms. The van der Waals surface area contributed by atoms with E-state index in [0.29, 0.717) is 12.8 Å². The second kappa shape index (κ2) is 8.11. The Kier molecular flexibility index (Phi) is 6.75.